The molecule has 0 radical (unpaired) electrons. The predicted octanol–water partition coefficient (Wildman–Crippen LogP) is 3.72. The van der Waals surface area contributed by atoms with Crippen molar-refractivity contribution in [3.8, 4) is 0 Å². The Morgan fingerprint density at radius 3 is 2.03 bits per heavy atom. The molecule has 1 aliphatic heterocycles. The van der Waals surface area contributed by atoms with Crippen molar-refractivity contribution >= 4 is 45.3 Å². The van der Waals surface area contributed by atoms with Crippen LogP contribution in [0.25, 0.3) is 0 Å². The monoisotopic (exact) mass is 530 g/mol. The molecule has 2 bridgehead atoms. The Balaban J connectivity index is 1.33. The molecule has 3 aromatic rings. The highest BCUT2D eigenvalue weighted by atomic mass is 79.9. The van der Waals surface area contributed by atoms with Gasteiger partial charge >= 0.3 is 5.97 Å². The molecule has 1 fully saturated rings. The number of anilines is 1. The summed E-state index contributed by atoms with van der Waals surface area (Å²) in [7, 11) is 0. The Labute approximate surface area is 208 Å². The maximum absolute atomic E-state index is 13.7. The second-order valence-electron chi connectivity index (χ2n) is 9.06. The Bertz CT molecular complexity index is 1390. The highest BCUT2D eigenvalue weighted by Crippen LogP contribution is 2.66. The number of hydrogen-bond acceptors (Lipinski definition) is 4. The van der Waals surface area contributed by atoms with E-state index >= 15 is 0 Å². The van der Waals surface area contributed by atoms with Gasteiger partial charge in [-0.2, -0.15) is 0 Å². The van der Waals surface area contributed by atoms with E-state index in [1.165, 1.54) is 24.3 Å². The van der Waals surface area contributed by atoms with Crippen molar-refractivity contribution in [2.24, 2.45) is 11.8 Å². The number of carboxylic acid groups (broad SMARTS) is 1. The van der Waals surface area contributed by atoms with Crippen LogP contribution in [0.2, 0.25) is 0 Å². The van der Waals surface area contributed by atoms with Crippen LogP contribution in [0.4, 0.5) is 5.69 Å². The number of alkyl halides is 1. The summed E-state index contributed by atoms with van der Waals surface area (Å²) < 4.78 is -0.857. The van der Waals surface area contributed by atoms with Gasteiger partial charge in [0, 0.05) is 11.6 Å². The van der Waals surface area contributed by atoms with Crippen LogP contribution in [0.15, 0.2) is 72.8 Å². The topological polar surface area (TPSA) is 104 Å². The zero-order valence-electron chi connectivity index (χ0n) is 18.3. The second-order valence-corrected chi connectivity index (χ2v) is 10.3. The van der Waals surface area contributed by atoms with E-state index in [2.05, 4.69) is 21.2 Å². The lowest BCUT2D eigenvalue weighted by atomic mass is 9.55. The summed E-state index contributed by atoms with van der Waals surface area (Å²) in [4.78, 5) is 52.2. The summed E-state index contributed by atoms with van der Waals surface area (Å²) in [5, 5.41) is 11.7. The van der Waals surface area contributed by atoms with E-state index in [1.807, 2.05) is 48.5 Å². The fraction of sp³-hybridized carbons (Fsp3) is 0.185. The van der Waals surface area contributed by atoms with Gasteiger partial charge in [-0.3, -0.25) is 19.3 Å². The first-order valence-electron chi connectivity index (χ1n) is 11.2. The lowest BCUT2D eigenvalue weighted by molar-refractivity contribution is -0.142. The molecule has 2 atom stereocenters. The maximum Gasteiger partial charge on any atom is 0.335 e. The van der Waals surface area contributed by atoms with Gasteiger partial charge in [-0.05, 0) is 46.5 Å². The van der Waals surface area contributed by atoms with Crippen molar-refractivity contribution in [1.29, 1.82) is 0 Å². The largest absolute Gasteiger partial charge is 0.478 e. The minimum absolute atomic E-state index is 0.0919. The number of rotatable bonds is 4. The molecule has 3 aromatic carbocycles. The van der Waals surface area contributed by atoms with E-state index in [0.717, 1.165) is 27.2 Å². The van der Waals surface area contributed by atoms with Crippen molar-refractivity contribution in [2.75, 3.05) is 11.9 Å². The number of benzene rings is 3. The summed E-state index contributed by atoms with van der Waals surface area (Å²) >= 11 is 3.92. The minimum Gasteiger partial charge on any atom is -0.478 e. The van der Waals surface area contributed by atoms with Gasteiger partial charge in [0.05, 0.1) is 21.7 Å². The van der Waals surface area contributed by atoms with E-state index in [1.54, 1.807) is 0 Å². The van der Waals surface area contributed by atoms with Gasteiger partial charge in [0.2, 0.25) is 17.7 Å². The van der Waals surface area contributed by atoms with Crippen LogP contribution in [-0.4, -0.2) is 40.2 Å². The molecule has 0 spiro atoms. The predicted molar refractivity (Wildman–Crippen MR) is 130 cm³/mol. The number of carboxylic acids is 1. The molecule has 35 heavy (non-hydrogen) atoms. The number of hydrogen-bond donors (Lipinski definition) is 2. The van der Waals surface area contributed by atoms with Crippen LogP contribution < -0.4 is 5.32 Å². The number of nitrogens with zero attached hydrogens (tertiary/aromatic N) is 1. The molecule has 1 heterocycles. The molecule has 0 aromatic heterocycles. The number of carbonyl (C=O) groups is 4. The number of likely N-dealkylation sites (tertiary alicyclic amines) is 1. The Hall–Kier alpha value is -3.78. The molecule has 0 unspecified atom stereocenters. The molecule has 2 N–H and O–H groups in total. The van der Waals surface area contributed by atoms with Gasteiger partial charge in [0.25, 0.3) is 0 Å². The van der Waals surface area contributed by atoms with Crippen LogP contribution in [0, 0.1) is 11.8 Å². The lowest BCUT2D eigenvalue weighted by Gasteiger charge is -2.51. The average molecular weight is 531 g/mol. The third-order valence-electron chi connectivity index (χ3n) is 7.32. The standard InChI is InChI=1S/C27H19BrN2O5/c28-27-18-7-3-1-5-16(18)21(17-6-2-4-8-19(17)27)22-23(27)25(33)30(24(22)32)13-20(31)29-15-11-9-14(10-12-15)26(34)35/h1-12,21-23H,13H2,(H,29,31)(H,34,35)/t21?,22-,23-,27?/m0/s1. The van der Waals surface area contributed by atoms with Crippen LogP contribution in [-0.2, 0) is 18.7 Å². The van der Waals surface area contributed by atoms with Gasteiger partial charge < -0.3 is 10.4 Å². The fourth-order valence-electron chi connectivity index (χ4n) is 5.93. The van der Waals surface area contributed by atoms with E-state index in [0.29, 0.717) is 5.69 Å². The summed E-state index contributed by atoms with van der Waals surface area (Å²) in [6.07, 6.45) is 0. The van der Waals surface area contributed by atoms with E-state index in [-0.39, 0.29) is 23.3 Å². The Morgan fingerprint density at radius 1 is 0.886 bits per heavy atom. The van der Waals surface area contributed by atoms with Crippen LogP contribution in [0.3, 0.4) is 0 Å². The number of amides is 3. The maximum atomic E-state index is 13.7. The normalized spacial score (nSPS) is 25.6. The molecular weight excluding hydrogens is 512 g/mol. The highest BCUT2D eigenvalue weighted by Gasteiger charge is 2.67. The van der Waals surface area contributed by atoms with Crippen molar-refractivity contribution in [1.82, 2.24) is 4.90 Å². The second kappa shape index (κ2) is 7.61. The smallest absolute Gasteiger partial charge is 0.335 e. The first kappa shape index (κ1) is 21.7. The van der Waals surface area contributed by atoms with Crippen LogP contribution in [0.5, 0.6) is 0 Å². The zero-order chi connectivity index (χ0) is 24.5. The molecule has 3 amide bonds. The number of carbonyl (C=O) groups excluding carboxylic acids is 3. The summed E-state index contributed by atoms with van der Waals surface area (Å²) in [6, 6.07) is 21.4. The molecule has 4 aliphatic rings. The van der Waals surface area contributed by atoms with Crippen LogP contribution >= 0.6 is 15.9 Å². The van der Waals surface area contributed by atoms with Crippen molar-refractivity contribution in [3.05, 3.63) is 101 Å². The average Bonchev–Trinajstić information content (AvgIpc) is 3.11. The molecule has 7 rings (SSSR count). The van der Waals surface area contributed by atoms with Gasteiger partial charge in [0.15, 0.2) is 0 Å². The third-order valence-corrected chi connectivity index (χ3v) is 8.67. The minimum atomic E-state index is -1.07. The summed E-state index contributed by atoms with van der Waals surface area (Å²) in [6.45, 7) is -0.409. The quantitative estimate of drug-likeness (QED) is 0.395. The molecule has 174 valence electrons. The SMILES string of the molecule is O=C(CN1C(=O)[C@@H]2[C@@H](C1=O)C1c3ccccc3C2(Br)c2ccccc21)Nc1ccc(C(=O)O)cc1. The van der Waals surface area contributed by atoms with Crippen molar-refractivity contribution < 1.29 is 24.3 Å². The molecular formula is C27H19BrN2O5. The van der Waals surface area contributed by atoms with Gasteiger partial charge in [-0.25, -0.2) is 4.79 Å². The van der Waals surface area contributed by atoms with Crippen molar-refractivity contribution in [2.45, 2.75) is 10.2 Å². The number of halogens is 1. The van der Waals surface area contributed by atoms with Gasteiger partial charge in [0.1, 0.15) is 6.54 Å². The molecule has 0 saturated carbocycles. The van der Waals surface area contributed by atoms with E-state index in [9.17, 15) is 19.2 Å². The van der Waals surface area contributed by atoms with Crippen molar-refractivity contribution in [3.63, 3.8) is 0 Å². The highest BCUT2D eigenvalue weighted by molar-refractivity contribution is 9.09. The molecule has 7 nitrogen and oxygen atoms in total. The zero-order valence-corrected chi connectivity index (χ0v) is 19.9. The third kappa shape index (κ3) is 2.96. The Kier molecular flexibility index (Phi) is 4.73. The molecule has 1 saturated heterocycles. The lowest BCUT2D eigenvalue weighted by Crippen LogP contribution is -2.50. The Morgan fingerprint density at radius 2 is 1.46 bits per heavy atom. The summed E-state index contributed by atoms with van der Waals surface area (Å²) in [5.41, 5.74) is 4.49. The number of aromatic carboxylic acids is 1. The molecule has 3 aliphatic carbocycles. The first-order valence-corrected chi connectivity index (χ1v) is 12.0. The van der Waals surface area contributed by atoms with Crippen LogP contribution in [0.1, 0.15) is 38.5 Å². The fourth-order valence-corrected chi connectivity index (χ4v) is 7.14. The van der Waals surface area contributed by atoms with E-state index in [4.69, 9.17) is 5.11 Å². The van der Waals surface area contributed by atoms with Gasteiger partial charge in [-0.15, -0.1) is 0 Å². The first-order chi connectivity index (χ1) is 16.8. The molecule has 8 heteroatoms. The number of nitrogens with one attached hydrogen (secondary N) is 1. The summed E-state index contributed by atoms with van der Waals surface area (Å²) in [5.74, 6) is -3.85. The number of imide groups is 1. The van der Waals surface area contributed by atoms with Gasteiger partial charge in [-0.1, -0.05) is 64.5 Å². The van der Waals surface area contributed by atoms with E-state index < -0.39 is 34.6 Å².